The summed E-state index contributed by atoms with van der Waals surface area (Å²) >= 11 is 7.93. The minimum Gasteiger partial charge on any atom is -0.368 e. The molecule has 7 amide bonds. The summed E-state index contributed by atoms with van der Waals surface area (Å²) < 4.78 is 0. The molecule has 0 spiro atoms. The van der Waals surface area contributed by atoms with E-state index in [1.54, 1.807) is 0 Å². The van der Waals surface area contributed by atoms with Crippen molar-refractivity contribution in [1.82, 2.24) is 26.6 Å². The topological polar surface area (TPSA) is 275 Å². The zero-order valence-corrected chi connectivity index (χ0v) is 28.6. The molecule has 0 saturated heterocycles. The van der Waals surface area contributed by atoms with E-state index in [0.29, 0.717) is 51.6 Å². The number of hydrogen-bond donors (Lipinski definition) is 10. The Labute approximate surface area is 276 Å². The van der Waals surface area contributed by atoms with Gasteiger partial charge < -0.3 is 48.6 Å². The highest BCUT2D eigenvalue weighted by Gasteiger charge is 2.18. The monoisotopic (exact) mass is 680 g/mol. The van der Waals surface area contributed by atoms with Crippen LogP contribution in [0.2, 0.25) is 0 Å². The van der Waals surface area contributed by atoms with Crippen LogP contribution in [-0.2, 0) is 38.4 Å². The van der Waals surface area contributed by atoms with Crippen molar-refractivity contribution in [3.05, 3.63) is 0 Å². The molecule has 0 aliphatic carbocycles. The summed E-state index contributed by atoms with van der Waals surface area (Å²) in [5, 5.41) is 12.8. The van der Waals surface area contributed by atoms with Crippen molar-refractivity contribution in [2.75, 3.05) is 24.6 Å². The fraction of sp³-hybridized carbons (Fsp3) is 0.704. The number of thiol groups is 2. The van der Waals surface area contributed by atoms with E-state index in [1.807, 2.05) is 0 Å². The van der Waals surface area contributed by atoms with Gasteiger partial charge in [-0.15, -0.1) is 0 Å². The minimum atomic E-state index is -0.697. The van der Waals surface area contributed by atoms with Gasteiger partial charge in [-0.25, -0.2) is 0 Å². The number of unbranched alkanes of at least 4 members (excludes halogenated alkanes) is 2. The maximum absolute atomic E-state index is 11.8. The number of ketones is 1. The standard InChI is InChI=1S/C13H24N4O4S.C11H22N4O3S.C3H6O/c1-8(18)16-10(12(14)20)5-3-4-6-15-13(21)11(7-22)17-9(2)19;1-7(16)15-9(10(13)17)4-2-3-5-14-11(18)8(12)6-19;1-3(2)4/h10-11,22H,3-7H2,1-2H3,(H2,14,20)(H,15,21)(H,16,18)(H,17,19);8-9,19H,2-6,12H2,1H3,(H2,13,17)(H,14,18)(H,15,16);1-2H3. The van der Waals surface area contributed by atoms with Gasteiger partial charge in [0.1, 0.15) is 23.9 Å². The largest absolute Gasteiger partial charge is 0.368 e. The molecule has 0 aliphatic heterocycles. The summed E-state index contributed by atoms with van der Waals surface area (Å²) in [5.41, 5.74) is 15.8. The predicted octanol–water partition coefficient (Wildman–Crippen LogP) is -2.19. The normalized spacial score (nSPS) is 12.5. The van der Waals surface area contributed by atoms with Crippen LogP contribution in [0.5, 0.6) is 0 Å². The highest BCUT2D eigenvalue weighted by Crippen LogP contribution is 2.02. The van der Waals surface area contributed by atoms with E-state index in [0.717, 1.165) is 0 Å². The first-order valence-electron chi connectivity index (χ1n) is 14.3. The van der Waals surface area contributed by atoms with Crippen molar-refractivity contribution in [3.63, 3.8) is 0 Å². The second-order valence-electron chi connectivity index (χ2n) is 10.0. The summed E-state index contributed by atoms with van der Waals surface area (Å²) in [6, 6.07) is -2.63. The second-order valence-corrected chi connectivity index (χ2v) is 10.7. The molecule has 0 aromatic heterocycles. The van der Waals surface area contributed by atoms with Crippen molar-refractivity contribution in [2.24, 2.45) is 17.2 Å². The summed E-state index contributed by atoms with van der Waals surface area (Å²) in [5.74, 6) is -1.94. The van der Waals surface area contributed by atoms with Crippen LogP contribution in [0, 0.1) is 0 Å². The van der Waals surface area contributed by atoms with Crippen molar-refractivity contribution in [3.8, 4) is 0 Å². The molecule has 0 fully saturated rings. The van der Waals surface area contributed by atoms with Crippen molar-refractivity contribution in [2.45, 2.75) is 97.3 Å². The average Bonchev–Trinajstić information content (AvgIpc) is 2.92. The van der Waals surface area contributed by atoms with Gasteiger partial charge in [-0.2, -0.15) is 25.3 Å². The van der Waals surface area contributed by atoms with E-state index in [2.05, 4.69) is 51.8 Å². The fourth-order valence-electron chi connectivity index (χ4n) is 3.21. The van der Waals surface area contributed by atoms with Crippen LogP contribution in [0.15, 0.2) is 0 Å². The number of primary amides is 2. The third-order valence-corrected chi connectivity index (χ3v) is 6.05. The predicted molar refractivity (Wildman–Crippen MR) is 177 cm³/mol. The van der Waals surface area contributed by atoms with E-state index in [1.165, 1.54) is 34.6 Å². The molecule has 0 aliphatic rings. The van der Waals surface area contributed by atoms with Gasteiger partial charge in [-0.05, 0) is 52.4 Å². The summed E-state index contributed by atoms with van der Waals surface area (Å²) in [7, 11) is 0. The van der Waals surface area contributed by atoms with Gasteiger partial charge in [0.25, 0.3) is 0 Å². The maximum atomic E-state index is 11.8. The smallest absolute Gasteiger partial charge is 0.243 e. The number of rotatable bonds is 19. The van der Waals surface area contributed by atoms with Gasteiger partial charge in [0.2, 0.25) is 41.4 Å². The summed E-state index contributed by atoms with van der Waals surface area (Å²) in [4.78, 5) is 87.4. The quantitative estimate of drug-likeness (QED) is 0.0523. The highest BCUT2D eigenvalue weighted by molar-refractivity contribution is 7.80. The van der Waals surface area contributed by atoms with Gasteiger partial charge in [-0.1, -0.05) is 0 Å². The lowest BCUT2D eigenvalue weighted by Gasteiger charge is -2.16. The van der Waals surface area contributed by atoms with Gasteiger partial charge in [-0.3, -0.25) is 33.6 Å². The molecule has 0 rings (SSSR count). The number of hydrogen-bond acceptors (Lipinski definition) is 11. The lowest BCUT2D eigenvalue weighted by atomic mass is 10.1. The number of carbonyl (C=O) groups excluding carboxylic acids is 8. The molecule has 0 aromatic rings. The number of nitrogens with one attached hydrogen (secondary N) is 5. The highest BCUT2D eigenvalue weighted by atomic mass is 32.1. The van der Waals surface area contributed by atoms with Crippen LogP contribution >= 0.6 is 25.3 Å². The van der Waals surface area contributed by atoms with E-state index in [-0.39, 0.29) is 46.8 Å². The van der Waals surface area contributed by atoms with E-state index in [4.69, 9.17) is 17.2 Å². The molecule has 4 unspecified atom stereocenters. The molecule has 0 bridgehead atoms. The molecule has 0 heterocycles. The zero-order chi connectivity index (χ0) is 35.5. The van der Waals surface area contributed by atoms with Crippen LogP contribution in [0.1, 0.15) is 73.1 Å². The van der Waals surface area contributed by atoms with Crippen molar-refractivity contribution < 1.29 is 38.4 Å². The Balaban J connectivity index is -0.000000705. The zero-order valence-electron chi connectivity index (χ0n) is 26.8. The van der Waals surface area contributed by atoms with Gasteiger partial charge in [0.05, 0.1) is 6.04 Å². The van der Waals surface area contributed by atoms with Crippen LogP contribution in [0.25, 0.3) is 0 Å². The third-order valence-electron chi connectivity index (χ3n) is 5.29. The Hall–Kier alpha value is -3.38. The number of Topliss-reactive ketones (excluding diaryl/α,β-unsaturated/α-hetero) is 1. The average molecular weight is 681 g/mol. The SMILES string of the molecule is CC(=O)NC(CCCCNC(=O)C(CS)NC(C)=O)C(N)=O.CC(=O)NC(CCCCNC(=O)C(N)CS)C(N)=O.CC(C)=O. The Morgan fingerprint density at radius 1 is 0.556 bits per heavy atom. The van der Waals surface area contributed by atoms with Crippen LogP contribution in [-0.4, -0.2) is 95.9 Å². The molecule has 260 valence electrons. The number of nitrogens with two attached hydrogens (primary N) is 3. The molecule has 11 N–H and O–H groups in total. The molecular formula is C27H52N8O8S2. The first-order valence-corrected chi connectivity index (χ1v) is 15.6. The summed E-state index contributed by atoms with van der Waals surface area (Å²) in [6.07, 6.45) is 3.42. The van der Waals surface area contributed by atoms with Gasteiger partial charge in [0, 0.05) is 45.4 Å². The molecule has 16 nitrogen and oxygen atoms in total. The Bertz CT molecular complexity index is 967. The van der Waals surface area contributed by atoms with E-state index in [9.17, 15) is 38.4 Å². The van der Waals surface area contributed by atoms with E-state index < -0.39 is 36.0 Å². The molecule has 0 radical (unpaired) electrons. The molecule has 4 atom stereocenters. The van der Waals surface area contributed by atoms with Gasteiger partial charge in [0.15, 0.2) is 0 Å². The van der Waals surface area contributed by atoms with Crippen LogP contribution in [0.3, 0.4) is 0 Å². The Morgan fingerprint density at radius 3 is 1.18 bits per heavy atom. The molecular weight excluding hydrogens is 628 g/mol. The molecule has 45 heavy (non-hydrogen) atoms. The van der Waals surface area contributed by atoms with E-state index >= 15 is 0 Å². The summed E-state index contributed by atoms with van der Waals surface area (Å²) in [6.45, 7) is 7.89. The number of amides is 7. The second kappa shape index (κ2) is 28.1. The molecule has 0 saturated carbocycles. The van der Waals surface area contributed by atoms with Crippen LogP contribution < -0.4 is 43.8 Å². The number of carbonyl (C=O) groups is 8. The van der Waals surface area contributed by atoms with Crippen LogP contribution in [0.4, 0.5) is 0 Å². The fourth-order valence-corrected chi connectivity index (χ4v) is 3.63. The van der Waals surface area contributed by atoms with Crippen molar-refractivity contribution >= 4 is 72.4 Å². The minimum absolute atomic E-state index is 0.167. The lowest BCUT2D eigenvalue weighted by molar-refractivity contribution is -0.127. The maximum Gasteiger partial charge on any atom is 0.243 e. The van der Waals surface area contributed by atoms with Gasteiger partial charge >= 0.3 is 0 Å². The molecule has 0 aromatic carbocycles. The van der Waals surface area contributed by atoms with Crippen molar-refractivity contribution in [1.29, 1.82) is 0 Å². The Kier molecular flexibility index (Phi) is 28.8. The molecule has 18 heteroatoms. The lowest BCUT2D eigenvalue weighted by Crippen LogP contribution is -2.47. The first kappa shape index (κ1) is 46.0. The first-order chi connectivity index (χ1) is 20.9. The Morgan fingerprint density at radius 2 is 0.889 bits per heavy atom. The third kappa shape index (κ3) is 30.4.